The second-order valence-electron chi connectivity index (χ2n) is 4.85. The zero-order chi connectivity index (χ0) is 15.6. The molecule has 0 bridgehead atoms. The first kappa shape index (κ1) is 15.4. The van der Waals surface area contributed by atoms with Crippen LogP contribution in [0.1, 0.15) is 17.0 Å². The number of benzene rings is 1. The fourth-order valence-electron chi connectivity index (χ4n) is 2.12. The maximum atomic E-state index is 12.8. The van der Waals surface area contributed by atoms with Crippen molar-refractivity contribution in [3.05, 3.63) is 47.5 Å². The van der Waals surface area contributed by atoms with Crippen LogP contribution in [-0.4, -0.2) is 16.6 Å². The summed E-state index contributed by atoms with van der Waals surface area (Å²) >= 11 is 0. The Morgan fingerprint density at radius 1 is 1.33 bits per heavy atom. The van der Waals surface area contributed by atoms with E-state index in [1.165, 1.54) is 12.1 Å². The van der Waals surface area contributed by atoms with E-state index in [-0.39, 0.29) is 12.1 Å². The maximum absolute atomic E-state index is 12.8. The highest BCUT2D eigenvalue weighted by atomic mass is 19.4. The van der Waals surface area contributed by atoms with Crippen molar-refractivity contribution in [1.29, 1.82) is 0 Å². The third-order valence-corrected chi connectivity index (χ3v) is 3.35. The fourth-order valence-corrected chi connectivity index (χ4v) is 2.12. The Hall–Kier alpha value is -2.02. The lowest BCUT2D eigenvalue weighted by atomic mass is 10.1. The van der Waals surface area contributed by atoms with Gasteiger partial charge in [0.15, 0.2) is 0 Å². The molecule has 0 amide bonds. The lowest BCUT2D eigenvalue weighted by Gasteiger charge is -2.21. The first-order valence-electron chi connectivity index (χ1n) is 6.40. The summed E-state index contributed by atoms with van der Waals surface area (Å²) in [6, 6.07) is 4.00. The van der Waals surface area contributed by atoms with Gasteiger partial charge in [-0.25, -0.2) is 4.98 Å². The number of aryl methyl sites for hydroxylation is 1. The topological polar surface area (TPSA) is 47.1 Å². The van der Waals surface area contributed by atoms with Gasteiger partial charge in [-0.3, -0.25) is 0 Å². The number of alkyl halides is 3. The standard InChI is InChI=1S/C14H17F3N4/c1-20-6-5-19-13(20)9-21(2)11-3-4-12(14(15,16)17)10(7-11)8-18/h3-7H,8-9,18H2,1-2H3. The quantitative estimate of drug-likeness (QED) is 0.943. The predicted molar refractivity (Wildman–Crippen MR) is 74.7 cm³/mol. The molecule has 1 aromatic carbocycles. The molecule has 0 aliphatic heterocycles. The van der Waals surface area contributed by atoms with E-state index in [0.29, 0.717) is 12.2 Å². The molecule has 0 spiro atoms. The van der Waals surface area contributed by atoms with Gasteiger partial charge in [0, 0.05) is 38.7 Å². The Balaban J connectivity index is 2.26. The van der Waals surface area contributed by atoms with Crippen LogP contribution in [-0.2, 0) is 26.3 Å². The van der Waals surface area contributed by atoms with Crippen LogP contribution in [0.15, 0.2) is 30.6 Å². The second kappa shape index (κ2) is 5.77. The molecule has 2 aromatic rings. The molecule has 0 saturated heterocycles. The fraction of sp³-hybridized carbons (Fsp3) is 0.357. The molecule has 2 N–H and O–H groups in total. The molecule has 0 fully saturated rings. The van der Waals surface area contributed by atoms with Gasteiger partial charge in [0.05, 0.1) is 12.1 Å². The minimum Gasteiger partial charge on any atom is -0.367 e. The first-order valence-corrected chi connectivity index (χ1v) is 6.40. The number of hydrogen-bond donors (Lipinski definition) is 1. The number of nitrogens with two attached hydrogens (primary N) is 1. The summed E-state index contributed by atoms with van der Waals surface area (Å²) < 4.78 is 40.4. The minimum absolute atomic E-state index is 0.0895. The number of anilines is 1. The number of imidazole rings is 1. The van der Waals surface area contributed by atoms with Crippen LogP contribution in [0.2, 0.25) is 0 Å². The summed E-state index contributed by atoms with van der Waals surface area (Å²) in [6.45, 7) is 0.345. The number of nitrogens with zero attached hydrogens (tertiary/aromatic N) is 3. The summed E-state index contributed by atoms with van der Waals surface area (Å²) in [6.07, 6.45) is -0.881. The van der Waals surface area contributed by atoms with Crippen LogP contribution in [0.3, 0.4) is 0 Å². The highest BCUT2D eigenvalue weighted by molar-refractivity contribution is 5.51. The SMILES string of the molecule is CN(Cc1nccn1C)c1ccc(C(F)(F)F)c(CN)c1. The monoisotopic (exact) mass is 298 g/mol. The highest BCUT2D eigenvalue weighted by Crippen LogP contribution is 2.33. The Morgan fingerprint density at radius 2 is 2.05 bits per heavy atom. The lowest BCUT2D eigenvalue weighted by Crippen LogP contribution is -2.20. The van der Waals surface area contributed by atoms with Crippen LogP contribution < -0.4 is 10.6 Å². The van der Waals surface area contributed by atoms with Crippen molar-refractivity contribution >= 4 is 5.69 Å². The maximum Gasteiger partial charge on any atom is 0.416 e. The molecule has 0 aliphatic rings. The van der Waals surface area contributed by atoms with Crippen molar-refractivity contribution in [2.24, 2.45) is 12.8 Å². The molecule has 114 valence electrons. The van der Waals surface area contributed by atoms with Crippen LogP contribution in [0.25, 0.3) is 0 Å². The van der Waals surface area contributed by atoms with Crippen molar-refractivity contribution in [2.45, 2.75) is 19.3 Å². The van der Waals surface area contributed by atoms with E-state index < -0.39 is 11.7 Å². The molecule has 4 nitrogen and oxygen atoms in total. The Labute approximate surface area is 121 Å². The minimum atomic E-state index is -4.38. The van der Waals surface area contributed by atoms with Crippen LogP contribution in [0.4, 0.5) is 18.9 Å². The van der Waals surface area contributed by atoms with Crippen molar-refractivity contribution in [1.82, 2.24) is 9.55 Å². The molecule has 0 saturated carbocycles. The van der Waals surface area contributed by atoms with Gasteiger partial charge >= 0.3 is 6.18 Å². The van der Waals surface area contributed by atoms with Gasteiger partial charge in [0.1, 0.15) is 5.82 Å². The second-order valence-corrected chi connectivity index (χ2v) is 4.85. The largest absolute Gasteiger partial charge is 0.416 e. The zero-order valence-electron chi connectivity index (χ0n) is 11.9. The van der Waals surface area contributed by atoms with Gasteiger partial charge in [-0.1, -0.05) is 0 Å². The predicted octanol–water partition coefficient (Wildman–Crippen LogP) is 2.53. The molecule has 0 atom stereocenters. The van der Waals surface area contributed by atoms with Gasteiger partial charge in [0.25, 0.3) is 0 Å². The van der Waals surface area contributed by atoms with Gasteiger partial charge in [-0.15, -0.1) is 0 Å². The van der Waals surface area contributed by atoms with Crippen LogP contribution in [0, 0.1) is 0 Å². The number of rotatable bonds is 4. The van der Waals surface area contributed by atoms with E-state index in [4.69, 9.17) is 5.73 Å². The Morgan fingerprint density at radius 3 is 2.57 bits per heavy atom. The molecule has 2 rings (SSSR count). The molecular formula is C14H17F3N4. The average Bonchev–Trinajstić information content (AvgIpc) is 2.82. The average molecular weight is 298 g/mol. The van der Waals surface area contributed by atoms with Crippen molar-refractivity contribution in [2.75, 3.05) is 11.9 Å². The number of aromatic nitrogens is 2. The highest BCUT2D eigenvalue weighted by Gasteiger charge is 2.33. The van der Waals surface area contributed by atoms with E-state index in [1.54, 1.807) is 13.2 Å². The normalized spacial score (nSPS) is 11.7. The van der Waals surface area contributed by atoms with Crippen molar-refractivity contribution in [3.63, 3.8) is 0 Å². The van der Waals surface area contributed by atoms with Crippen LogP contribution in [0.5, 0.6) is 0 Å². The summed E-state index contributed by atoms with van der Waals surface area (Å²) in [5.74, 6) is 0.826. The zero-order valence-corrected chi connectivity index (χ0v) is 11.9. The van der Waals surface area contributed by atoms with E-state index in [2.05, 4.69) is 4.98 Å². The molecule has 7 heteroatoms. The smallest absolute Gasteiger partial charge is 0.367 e. The van der Waals surface area contributed by atoms with Gasteiger partial charge < -0.3 is 15.2 Å². The van der Waals surface area contributed by atoms with Crippen molar-refractivity contribution in [3.8, 4) is 0 Å². The third kappa shape index (κ3) is 3.36. The van der Waals surface area contributed by atoms with Crippen molar-refractivity contribution < 1.29 is 13.2 Å². The molecule has 0 radical (unpaired) electrons. The summed E-state index contributed by atoms with van der Waals surface area (Å²) in [5, 5.41) is 0. The van der Waals surface area contributed by atoms with E-state index in [9.17, 15) is 13.2 Å². The lowest BCUT2D eigenvalue weighted by molar-refractivity contribution is -0.138. The molecular weight excluding hydrogens is 281 g/mol. The Bertz CT molecular complexity index is 619. The van der Waals surface area contributed by atoms with Gasteiger partial charge in [0.2, 0.25) is 0 Å². The molecule has 1 aromatic heterocycles. The third-order valence-electron chi connectivity index (χ3n) is 3.35. The van der Waals surface area contributed by atoms with Gasteiger partial charge in [-0.2, -0.15) is 13.2 Å². The first-order chi connectivity index (χ1) is 9.82. The summed E-state index contributed by atoms with van der Waals surface area (Å²) in [4.78, 5) is 6.03. The molecule has 0 aliphatic carbocycles. The van der Waals surface area contributed by atoms with E-state index in [0.717, 1.165) is 11.9 Å². The van der Waals surface area contributed by atoms with Crippen LogP contribution >= 0.6 is 0 Å². The summed E-state index contributed by atoms with van der Waals surface area (Å²) in [5.41, 5.74) is 5.52. The van der Waals surface area contributed by atoms with E-state index >= 15 is 0 Å². The number of hydrogen-bond acceptors (Lipinski definition) is 3. The van der Waals surface area contributed by atoms with Gasteiger partial charge in [-0.05, 0) is 23.8 Å². The van der Waals surface area contributed by atoms with E-state index in [1.807, 2.05) is 22.7 Å². The Kier molecular flexibility index (Phi) is 4.22. The molecule has 0 unspecified atom stereocenters. The summed E-state index contributed by atoms with van der Waals surface area (Å²) in [7, 11) is 3.67. The molecule has 1 heterocycles. The number of halogens is 3. The molecule has 21 heavy (non-hydrogen) atoms.